The Hall–Kier alpha value is -1.66. The summed E-state index contributed by atoms with van der Waals surface area (Å²) in [6.45, 7) is 7.97. The van der Waals surface area contributed by atoms with Gasteiger partial charge in [0.15, 0.2) is 5.65 Å². The Kier molecular flexibility index (Phi) is 4.13. The molecule has 3 rings (SSSR count). The molecule has 0 atom stereocenters. The van der Waals surface area contributed by atoms with E-state index >= 15 is 0 Å². The van der Waals surface area contributed by atoms with Crippen molar-refractivity contribution in [3.63, 3.8) is 0 Å². The van der Waals surface area contributed by atoms with Crippen LogP contribution in [0.3, 0.4) is 0 Å². The Labute approximate surface area is 118 Å². The molecule has 2 aromatic rings. The molecule has 20 heavy (non-hydrogen) atoms. The highest BCUT2D eigenvalue weighted by Gasteiger charge is 2.09. The van der Waals surface area contributed by atoms with Gasteiger partial charge >= 0.3 is 0 Å². The number of pyridine rings is 1. The highest BCUT2D eigenvalue weighted by molar-refractivity contribution is 5.51. The zero-order valence-corrected chi connectivity index (χ0v) is 11.9. The van der Waals surface area contributed by atoms with E-state index in [9.17, 15) is 0 Å². The van der Waals surface area contributed by atoms with Crippen LogP contribution >= 0.6 is 0 Å². The maximum absolute atomic E-state index is 5.35. The number of morpholine rings is 1. The number of hydrogen-bond acceptors (Lipinski definition) is 5. The molecule has 0 amide bonds. The molecule has 0 aliphatic carbocycles. The Morgan fingerprint density at radius 1 is 1.30 bits per heavy atom. The molecule has 0 saturated carbocycles. The van der Waals surface area contributed by atoms with Gasteiger partial charge in [-0.3, -0.25) is 4.90 Å². The Balaban J connectivity index is 1.53. The zero-order valence-electron chi connectivity index (χ0n) is 11.9. The molecule has 1 aliphatic heterocycles. The first-order valence-electron chi connectivity index (χ1n) is 7.17. The first-order valence-corrected chi connectivity index (χ1v) is 7.17. The average Bonchev–Trinajstić information content (AvgIpc) is 2.92. The van der Waals surface area contributed by atoms with Crippen molar-refractivity contribution in [1.82, 2.24) is 19.5 Å². The number of anilines is 1. The second-order valence-corrected chi connectivity index (χ2v) is 5.18. The first kappa shape index (κ1) is 13.3. The van der Waals surface area contributed by atoms with Crippen molar-refractivity contribution in [1.29, 1.82) is 0 Å². The number of ether oxygens (including phenoxy) is 1. The number of fused-ring (bicyclic) bond motifs is 1. The summed E-state index contributed by atoms with van der Waals surface area (Å²) in [5, 5.41) is 7.70. The Morgan fingerprint density at radius 2 is 2.15 bits per heavy atom. The van der Waals surface area contributed by atoms with Gasteiger partial charge in [0.25, 0.3) is 0 Å². The molecule has 1 N–H and O–H groups in total. The van der Waals surface area contributed by atoms with Crippen LogP contribution in [0.4, 0.5) is 5.82 Å². The van der Waals surface area contributed by atoms with Gasteiger partial charge in [-0.15, -0.1) is 0 Å². The molecule has 0 bridgehead atoms. The number of rotatable bonds is 5. The first-order chi connectivity index (χ1) is 9.83. The standard InChI is InChI=1S/C14H21N5O/c1-12-9-13(19-14(10-12)16-11-17-19)15-3-2-4-18-5-7-20-8-6-18/h9-11,15H,2-8H2,1H3. The second-order valence-electron chi connectivity index (χ2n) is 5.18. The number of aromatic nitrogens is 3. The van der Waals surface area contributed by atoms with Gasteiger partial charge in [-0.05, 0) is 37.6 Å². The van der Waals surface area contributed by atoms with E-state index in [2.05, 4.69) is 33.3 Å². The molecule has 6 heteroatoms. The molecule has 0 spiro atoms. The van der Waals surface area contributed by atoms with Crippen LogP contribution in [0, 0.1) is 6.92 Å². The maximum atomic E-state index is 5.35. The summed E-state index contributed by atoms with van der Waals surface area (Å²) in [7, 11) is 0. The van der Waals surface area contributed by atoms with Crippen LogP contribution < -0.4 is 5.32 Å². The van der Waals surface area contributed by atoms with E-state index in [-0.39, 0.29) is 0 Å². The minimum absolute atomic E-state index is 0.866. The highest BCUT2D eigenvalue weighted by atomic mass is 16.5. The summed E-state index contributed by atoms with van der Waals surface area (Å²) < 4.78 is 7.20. The minimum Gasteiger partial charge on any atom is -0.379 e. The predicted molar refractivity (Wildman–Crippen MR) is 78.1 cm³/mol. The van der Waals surface area contributed by atoms with Crippen LogP contribution in [0.5, 0.6) is 0 Å². The molecule has 0 unspecified atom stereocenters. The molecule has 0 radical (unpaired) electrons. The largest absolute Gasteiger partial charge is 0.379 e. The quantitative estimate of drug-likeness (QED) is 0.830. The number of nitrogens with one attached hydrogen (secondary N) is 1. The SMILES string of the molecule is Cc1cc(NCCCN2CCOCC2)n2ncnc2c1. The van der Waals surface area contributed by atoms with Crippen molar-refractivity contribution in [2.24, 2.45) is 0 Å². The molecule has 1 fully saturated rings. The van der Waals surface area contributed by atoms with Gasteiger partial charge in [-0.2, -0.15) is 9.61 Å². The van der Waals surface area contributed by atoms with Crippen LogP contribution in [-0.2, 0) is 4.74 Å². The lowest BCUT2D eigenvalue weighted by atomic mass is 10.3. The smallest absolute Gasteiger partial charge is 0.157 e. The van der Waals surface area contributed by atoms with Crippen LogP contribution in [0.15, 0.2) is 18.5 Å². The summed E-state index contributed by atoms with van der Waals surface area (Å²) in [6.07, 6.45) is 2.71. The molecule has 108 valence electrons. The molecule has 3 heterocycles. The fourth-order valence-corrected chi connectivity index (χ4v) is 2.53. The van der Waals surface area contributed by atoms with E-state index in [1.54, 1.807) is 6.33 Å². The monoisotopic (exact) mass is 275 g/mol. The Bertz CT molecular complexity index is 562. The average molecular weight is 275 g/mol. The molecule has 0 aromatic carbocycles. The van der Waals surface area contributed by atoms with Crippen molar-refractivity contribution in [2.45, 2.75) is 13.3 Å². The van der Waals surface area contributed by atoms with Gasteiger partial charge in [0.05, 0.1) is 13.2 Å². The van der Waals surface area contributed by atoms with Gasteiger partial charge in [-0.1, -0.05) is 0 Å². The van der Waals surface area contributed by atoms with E-state index in [0.717, 1.165) is 57.3 Å². The fourth-order valence-electron chi connectivity index (χ4n) is 2.53. The lowest BCUT2D eigenvalue weighted by Crippen LogP contribution is -2.37. The highest BCUT2D eigenvalue weighted by Crippen LogP contribution is 2.13. The van der Waals surface area contributed by atoms with E-state index in [1.165, 1.54) is 5.56 Å². The summed E-state index contributed by atoms with van der Waals surface area (Å²) in [5.41, 5.74) is 2.09. The lowest BCUT2D eigenvalue weighted by Gasteiger charge is -2.26. The molecular formula is C14H21N5O. The topological polar surface area (TPSA) is 54.7 Å². The van der Waals surface area contributed by atoms with Crippen molar-refractivity contribution in [3.8, 4) is 0 Å². The number of hydrogen-bond donors (Lipinski definition) is 1. The number of nitrogens with zero attached hydrogens (tertiary/aromatic N) is 4. The van der Waals surface area contributed by atoms with E-state index in [4.69, 9.17) is 4.74 Å². The van der Waals surface area contributed by atoms with Crippen LogP contribution in [0.1, 0.15) is 12.0 Å². The third-order valence-corrected chi connectivity index (χ3v) is 3.58. The second kappa shape index (κ2) is 6.19. The van der Waals surface area contributed by atoms with Crippen molar-refractivity contribution in [2.75, 3.05) is 44.7 Å². The summed E-state index contributed by atoms with van der Waals surface area (Å²) >= 11 is 0. The van der Waals surface area contributed by atoms with E-state index in [0.29, 0.717) is 0 Å². The van der Waals surface area contributed by atoms with Crippen molar-refractivity contribution in [3.05, 3.63) is 24.0 Å². The zero-order chi connectivity index (χ0) is 13.8. The summed E-state index contributed by atoms with van der Waals surface area (Å²) in [5.74, 6) is 1.01. The normalized spacial score (nSPS) is 16.6. The maximum Gasteiger partial charge on any atom is 0.157 e. The number of aryl methyl sites for hydroxylation is 1. The van der Waals surface area contributed by atoms with E-state index in [1.807, 2.05) is 10.6 Å². The molecule has 6 nitrogen and oxygen atoms in total. The molecule has 1 aliphatic rings. The van der Waals surface area contributed by atoms with Gasteiger partial charge in [0.1, 0.15) is 12.1 Å². The lowest BCUT2D eigenvalue weighted by molar-refractivity contribution is 0.0378. The van der Waals surface area contributed by atoms with Crippen molar-refractivity contribution >= 4 is 11.5 Å². The van der Waals surface area contributed by atoms with E-state index < -0.39 is 0 Å². The van der Waals surface area contributed by atoms with Gasteiger partial charge in [-0.25, -0.2) is 4.98 Å². The predicted octanol–water partition coefficient (Wildman–Crippen LogP) is 1.17. The third kappa shape index (κ3) is 3.08. The van der Waals surface area contributed by atoms with Gasteiger partial charge in [0.2, 0.25) is 0 Å². The minimum atomic E-state index is 0.866. The molecule has 1 saturated heterocycles. The summed E-state index contributed by atoms with van der Waals surface area (Å²) in [6, 6.07) is 4.14. The third-order valence-electron chi connectivity index (χ3n) is 3.58. The van der Waals surface area contributed by atoms with Crippen molar-refractivity contribution < 1.29 is 4.74 Å². The molecule has 2 aromatic heterocycles. The van der Waals surface area contributed by atoms with Crippen LogP contribution in [0.25, 0.3) is 5.65 Å². The summed E-state index contributed by atoms with van der Waals surface area (Å²) in [4.78, 5) is 6.68. The van der Waals surface area contributed by atoms with Gasteiger partial charge < -0.3 is 10.1 Å². The van der Waals surface area contributed by atoms with Crippen LogP contribution in [0.2, 0.25) is 0 Å². The fraction of sp³-hybridized carbons (Fsp3) is 0.571. The Morgan fingerprint density at radius 3 is 3.00 bits per heavy atom. The van der Waals surface area contributed by atoms with Gasteiger partial charge in [0, 0.05) is 19.6 Å². The van der Waals surface area contributed by atoms with Crippen LogP contribution in [-0.4, -0.2) is 58.9 Å². The molecular weight excluding hydrogens is 254 g/mol.